The molecule has 1 aromatic carbocycles. The van der Waals surface area contributed by atoms with Crippen molar-refractivity contribution in [3.63, 3.8) is 0 Å². The maximum Gasteiger partial charge on any atom is 0.161 e. The van der Waals surface area contributed by atoms with Crippen LogP contribution >= 0.6 is 0 Å². The van der Waals surface area contributed by atoms with Gasteiger partial charge in [-0.15, -0.1) is 0 Å². The summed E-state index contributed by atoms with van der Waals surface area (Å²) < 4.78 is 38.0. The molecule has 0 N–H and O–H groups in total. The number of benzene rings is 1. The first-order valence-electron chi connectivity index (χ1n) is 3.49. The highest BCUT2D eigenvalue weighted by Crippen LogP contribution is 2.11. The molecule has 0 aliphatic carbocycles. The van der Waals surface area contributed by atoms with E-state index in [9.17, 15) is 13.2 Å². The lowest BCUT2D eigenvalue weighted by Crippen LogP contribution is -2.18. The summed E-state index contributed by atoms with van der Waals surface area (Å²) in [5, 5.41) is 0. The fourth-order valence-corrected chi connectivity index (χ4v) is 1.00. The summed E-state index contributed by atoms with van der Waals surface area (Å²) >= 11 is 0. The van der Waals surface area contributed by atoms with E-state index in [1.807, 2.05) is 0 Å². The zero-order valence-electron chi connectivity index (χ0n) is 6.50. The molecule has 0 saturated heterocycles. The highest BCUT2D eigenvalue weighted by atomic mass is 19.2. The quantitative estimate of drug-likeness (QED) is 0.442. The van der Waals surface area contributed by atoms with Crippen molar-refractivity contribution >= 4 is 13.3 Å². The Kier molecular flexibility index (Phi) is 2.45. The van der Waals surface area contributed by atoms with Crippen molar-refractivity contribution in [3.05, 3.63) is 29.1 Å². The first-order valence-corrected chi connectivity index (χ1v) is 3.49. The first kappa shape index (κ1) is 9.17. The van der Waals surface area contributed by atoms with E-state index in [1.54, 1.807) is 6.92 Å². The summed E-state index contributed by atoms with van der Waals surface area (Å²) in [7, 11) is 5.18. The van der Waals surface area contributed by atoms with Crippen LogP contribution in [0.4, 0.5) is 13.2 Å². The summed E-state index contributed by atoms with van der Waals surface area (Å²) in [4.78, 5) is 0. The van der Waals surface area contributed by atoms with Crippen molar-refractivity contribution < 1.29 is 13.2 Å². The third-order valence-corrected chi connectivity index (χ3v) is 1.66. The molecule has 0 atom stereocenters. The smallest absolute Gasteiger partial charge is 0.161 e. The molecule has 1 rings (SSSR count). The lowest BCUT2D eigenvalue weighted by molar-refractivity contribution is 0.489. The molecular formula is C8H6BF3. The Balaban J connectivity index is 3.42. The van der Waals surface area contributed by atoms with Gasteiger partial charge in [-0.2, -0.15) is 0 Å². The Morgan fingerprint density at radius 3 is 2.33 bits per heavy atom. The predicted octanol–water partition coefficient (Wildman–Crippen LogP) is 1.46. The normalized spacial score (nSPS) is 10.3. The van der Waals surface area contributed by atoms with Crippen LogP contribution in [0.5, 0.6) is 0 Å². The number of halogens is 3. The molecule has 0 spiro atoms. The molecule has 0 aliphatic heterocycles. The molecule has 12 heavy (non-hydrogen) atoms. The molecule has 0 aliphatic rings. The molecule has 1 aromatic rings. The van der Waals surface area contributed by atoms with Crippen LogP contribution in [-0.2, 0) is 6.42 Å². The van der Waals surface area contributed by atoms with Crippen molar-refractivity contribution in [1.29, 1.82) is 0 Å². The minimum atomic E-state index is -1.20. The minimum Gasteiger partial charge on any atom is -0.208 e. The molecule has 0 aromatic heterocycles. The summed E-state index contributed by atoms with van der Waals surface area (Å²) in [5.41, 5.74) is -0.413. The van der Waals surface area contributed by atoms with Gasteiger partial charge in [0.2, 0.25) is 0 Å². The molecule has 0 heterocycles. The Hall–Kier alpha value is -0.925. The van der Waals surface area contributed by atoms with Crippen LogP contribution in [0.1, 0.15) is 12.5 Å². The van der Waals surface area contributed by atoms with Crippen molar-refractivity contribution in [1.82, 2.24) is 0 Å². The highest BCUT2D eigenvalue weighted by molar-refractivity contribution is 6.33. The molecule has 62 valence electrons. The Morgan fingerprint density at radius 2 is 1.83 bits per heavy atom. The van der Waals surface area contributed by atoms with E-state index in [0.717, 1.165) is 0 Å². The molecule has 2 radical (unpaired) electrons. The van der Waals surface area contributed by atoms with Crippen LogP contribution in [0.25, 0.3) is 0 Å². The SMILES string of the molecule is [B]c1c(F)cc(F)c(F)c1CC. The second kappa shape index (κ2) is 3.21. The maximum atomic E-state index is 12.8. The van der Waals surface area contributed by atoms with E-state index in [-0.39, 0.29) is 17.4 Å². The minimum absolute atomic E-state index is 0.104. The van der Waals surface area contributed by atoms with Crippen LogP contribution in [-0.4, -0.2) is 7.85 Å². The molecule has 0 amide bonds. The lowest BCUT2D eigenvalue weighted by Gasteiger charge is -2.06. The van der Waals surface area contributed by atoms with Gasteiger partial charge in [-0.25, -0.2) is 13.2 Å². The van der Waals surface area contributed by atoms with Gasteiger partial charge < -0.3 is 0 Å². The Bertz CT molecular complexity index is 283. The van der Waals surface area contributed by atoms with E-state index in [2.05, 4.69) is 0 Å². The number of hydrogen-bond donors (Lipinski definition) is 0. The third-order valence-electron chi connectivity index (χ3n) is 1.66. The van der Waals surface area contributed by atoms with Crippen LogP contribution in [0, 0.1) is 17.5 Å². The predicted molar refractivity (Wildman–Crippen MR) is 41.1 cm³/mol. The van der Waals surface area contributed by atoms with Crippen LogP contribution in [0.15, 0.2) is 6.07 Å². The number of rotatable bonds is 1. The average Bonchev–Trinajstić information content (AvgIpc) is 2.02. The zero-order valence-corrected chi connectivity index (χ0v) is 6.50. The molecule has 0 saturated carbocycles. The monoisotopic (exact) mass is 170 g/mol. The van der Waals surface area contributed by atoms with Crippen molar-refractivity contribution in [2.24, 2.45) is 0 Å². The van der Waals surface area contributed by atoms with E-state index in [0.29, 0.717) is 6.07 Å². The molecule has 0 bridgehead atoms. The van der Waals surface area contributed by atoms with Gasteiger partial charge in [-0.05, 0) is 12.0 Å². The molecule has 0 fully saturated rings. The lowest BCUT2D eigenvalue weighted by atomic mass is 9.88. The summed E-state index contributed by atoms with van der Waals surface area (Å²) in [6, 6.07) is 0.448. The van der Waals surface area contributed by atoms with E-state index < -0.39 is 17.5 Å². The van der Waals surface area contributed by atoms with Gasteiger partial charge in [-0.3, -0.25) is 0 Å². The van der Waals surface area contributed by atoms with Gasteiger partial charge in [0.1, 0.15) is 13.7 Å². The highest BCUT2D eigenvalue weighted by Gasteiger charge is 2.13. The number of hydrogen-bond acceptors (Lipinski definition) is 0. The fourth-order valence-electron chi connectivity index (χ4n) is 1.00. The second-order valence-electron chi connectivity index (χ2n) is 2.40. The fraction of sp³-hybridized carbons (Fsp3) is 0.250. The molecule has 0 unspecified atom stereocenters. The van der Waals surface area contributed by atoms with Gasteiger partial charge in [0.05, 0.1) is 0 Å². The van der Waals surface area contributed by atoms with E-state index >= 15 is 0 Å². The van der Waals surface area contributed by atoms with Gasteiger partial charge in [0.25, 0.3) is 0 Å². The first-order chi connectivity index (χ1) is 5.57. The Morgan fingerprint density at radius 1 is 1.25 bits per heavy atom. The zero-order chi connectivity index (χ0) is 9.30. The second-order valence-corrected chi connectivity index (χ2v) is 2.40. The van der Waals surface area contributed by atoms with E-state index in [1.165, 1.54) is 0 Å². The summed E-state index contributed by atoms with van der Waals surface area (Å²) in [6.45, 7) is 1.58. The van der Waals surface area contributed by atoms with Gasteiger partial charge in [-0.1, -0.05) is 12.4 Å². The van der Waals surface area contributed by atoms with Crippen LogP contribution < -0.4 is 5.46 Å². The van der Waals surface area contributed by atoms with Crippen molar-refractivity contribution in [3.8, 4) is 0 Å². The largest absolute Gasteiger partial charge is 0.208 e. The van der Waals surface area contributed by atoms with Crippen LogP contribution in [0.3, 0.4) is 0 Å². The van der Waals surface area contributed by atoms with Crippen molar-refractivity contribution in [2.45, 2.75) is 13.3 Å². The van der Waals surface area contributed by atoms with Gasteiger partial charge >= 0.3 is 0 Å². The Labute approximate surface area is 69.8 Å². The third kappa shape index (κ3) is 1.33. The topological polar surface area (TPSA) is 0 Å². The molecular weight excluding hydrogens is 164 g/mol. The standard InChI is InChI=1S/C8H6BF3/c1-2-4-7(9)5(10)3-6(11)8(4)12/h3H,2H2,1H3. The van der Waals surface area contributed by atoms with Gasteiger partial charge in [0, 0.05) is 6.07 Å². The summed E-state index contributed by atoms with van der Waals surface area (Å²) in [5.74, 6) is -3.17. The molecule has 0 nitrogen and oxygen atoms in total. The summed E-state index contributed by atoms with van der Waals surface area (Å²) in [6.07, 6.45) is 0.173. The van der Waals surface area contributed by atoms with Crippen molar-refractivity contribution in [2.75, 3.05) is 0 Å². The maximum absolute atomic E-state index is 12.8. The van der Waals surface area contributed by atoms with E-state index in [4.69, 9.17) is 7.85 Å². The molecule has 4 heteroatoms. The van der Waals surface area contributed by atoms with Gasteiger partial charge in [0.15, 0.2) is 11.6 Å². The van der Waals surface area contributed by atoms with Crippen LogP contribution in [0.2, 0.25) is 0 Å². The average molecular weight is 170 g/mol.